The highest BCUT2D eigenvalue weighted by molar-refractivity contribution is 5.99. The minimum absolute atomic E-state index is 0.0445. The molecule has 2 aromatic rings. The standard InChI is InChI=1S/C23H30FN3O2/c1-16(2)27-17(3)13-21(18(27)4)22(28)15-25-9-11-26(12-10-25)23(29)14-19-5-7-20(24)8-6-19/h5-8,13,16H,9-12,14-15H2,1-4H3. The molecular formula is C23H30FN3O2. The monoisotopic (exact) mass is 399 g/mol. The van der Waals surface area contributed by atoms with Crippen LogP contribution in [0.4, 0.5) is 4.39 Å². The van der Waals surface area contributed by atoms with E-state index in [1.54, 1.807) is 12.1 Å². The summed E-state index contributed by atoms with van der Waals surface area (Å²) in [7, 11) is 0. The molecule has 1 aliphatic heterocycles. The number of amides is 1. The van der Waals surface area contributed by atoms with Gasteiger partial charge in [0.15, 0.2) is 5.78 Å². The van der Waals surface area contributed by atoms with Crippen LogP contribution in [0.2, 0.25) is 0 Å². The summed E-state index contributed by atoms with van der Waals surface area (Å²) >= 11 is 0. The first kappa shape index (κ1) is 21.2. The molecule has 6 heteroatoms. The Balaban J connectivity index is 1.53. The molecule has 29 heavy (non-hydrogen) atoms. The second kappa shape index (κ2) is 8.91. The minimum Gasteiger partial charge on any atom is -0.346 e. The molecule has 0 N–H and O–H groups in total. The van der Waals surface area contributed by atoms with Crippen molar-refractivity contribution in [1.82, 2.24) is 14.4 Å². The van der Waals surface area contributed by atoms with Gasteiger partial charge >= 0.3 is 0 Å². The fourth-order valence-electron chi connectivity index (χ4n) is 4.19. The van der Waals surface area contributed by atoms with Gasteiger partial charge in [0.1, 0.15) is 5.82 Å². The highest BCUT2D eigenvalue weighted by Gasteiger charge is 2.24. The van der Waals surface area contributed by atoms with Crippen molar-refractivity contribution in [3.05, 3.63) is 58.7 Å². The van der Waals surface area contributed by atoms with Crippen molar-refractivity contribution in [2.45, 2.75) is 40.2 Å². The summed E-state index contributed by atoms with van der Waals surface area (Å²) in [6.07, 6.45) is 0.278. The fraction of sp³-hybridized carbons (Fsp3) is 0.478. The second-order valence-electron chi connectivity index (χ2n) is 8.13. The summed E-state index contributed by atoms with van der Waals surface area (Å²) < 4.78 is 15.2. The summed E-state index contributed by atoms with van der Waals surface area (Å²) in [4.78, 5) is 29.3. The van der Waals surface area contributed by atoms with E-state index in [0.29, 0.717) is 38.8 Å². The molecule has 0 unspecified atom stereocenters. The van der Waals surface area contributed by atoms with Gasteiger partial charge in [0.05, 0.1) is 13.0 Å². The quantitative estimate of drug-likeness (QED) is 0.700. The van der Waals surface area contributed by atoms with Crippen LogP contribution < -0.4 is 0 Å². The van der Waals surface area contributed by atoms with E-state index in [1.165, 1.54) is 12.1 Å². The van der Waals surface area contributed by atoms with Gasteiger partial charge in [-0.1, -0.05) is 12.1 Å². The number of halogens is 1. The van der Waals surface area contributed by atoms with E-state index in [9.17, 15) is 14.0 Å². The topological polar surface area (TPSA) is 45.6 Å². The molecule has 1 aromatic heterocycles. The summed E-state index contributed by atoms with van der Waals surface area (Å²) in [5.74, 6) is -0.118. The van der Waals surface area contributed by atoms with Gasteiger partial charge in [0, 0.05) is 49.2 Å². The Kier molecular flexibility index (Phi) is 6.52. The Bertz CT molecular complexity index is 878. The molecule has 0 radical (unpaired) electrons. The lowest BCUT2D eigenvalue weighted by Crippen LogP contribution is -2.50. The van der Waals surface area contributed by atoms with E-state index in [2.05, 4.69) is 23.3 Å². The molecule has 0 aliphatic carbocycles. The van der Waals surface area contributed by atoms with Crippen LogP contribution in [0.1, 0.15) is 47.2 Å². The predicted octanol–water partition coefficient (Wildman–Crippen LogP) is 3.39. The molecule has 0 atom stereocenters. The SMILES string of the molecule is Cc1cc(C(=O)CN2CCN(C(=O)Cc3ccc(F)cc3)CC2)c(C)n1C(C)C. The number of nitrogens with zero attached hydrogens (tertiary/aromatic N) is 3. The van der Waals surface area contributed by atoms with Crippen LogP contribution in [0.3, 0.4) is 0 Å². The summed E-state index contributed by atoms with van der Waals surface area (Å²) in [6, 6.07) is 8.36. The Labute approximate surface area is 172 Å². The lowest BCUT2D eigenvalue weighted by molar-refractivity contribution is -0.132. The third-order valence-corrected chi connectivity index (χ3v) is 5.66. The van der Waals surface area contributed by atoms with Crippen molar-refractivity contribution in [2.75, 3.05) is 32.7 Å². The lowest BCUT2D eigenvalue weighted by Gasteiger charge is -2.34. The number of aromatic nitrogens is 1. The largest absolute Gasteiger partial charge is 0.346 e. The summed E-state index contributed by atoms with van der Waals surface area (Å²) in [6.45, 7) is 11.3. The van der Waals surface area contributed by atoms with Crippen molar-refractivity contribution in [2.24, 2.45) is 0 Å². The van der Waals surface area contributed by atoms with Crippen molar-refractivity contribution in [3.63, 3.8) is 0 Å². The molecule has 0 saturated carbocycles. The van der Waals surface area contributed by atoms with Gasteiger partial charge in [-0.05, 0) is 51.5 Å². The zero-order valence-electron chi connectivity index (χ0n) is 17.7. The molecule has 1 aromatic carbocycles. The van der Waals surface area contributed by atoms with E-state index >= 15 is 0 Å². The van der Waals surface area contributed by atoms with Gasteiger partial charge in [-0.2, -0.15) is 0 Å². The van der Waals surface area contributed by atoms with Crippen LogP contribution in [0.5, 0.6) is 0 Å². The Morgan fingerprint density at radius 2 is 1.66 bits per heavy atom. The summed E-state index contributed by atoms with van der Waals surface area (Å²) in [5, 5.41) is 0. The third kappa shape index (κ3) is 4.93. The molecule has 1 saturated heterocycles. The van der Waals surface area contributed by atoms with E-state index in [0.717, 1.165) is 22.5 Å². The maximum atomic E-state index is 13.0. The van der Waals surface area contributed by atoms with Crippen LogP contribution in [0, 0.1) is 19.7 Å². The van der Waals surface area contributed by atoms with Crippen LogP contribution in [0.15, 0.2) is 30.3 Å². The van der Waals surface area contributed by atoms with Gasteiger partial charge in [-0.25, -0.2) is 4.39 Å². The fourth-order valence-corrected chi connectivity index (χ4v) is 4.19. The Hall–Kier alpha value is -2.47. The Morgan fingerprint density at radius 1 is 1.03 bits per heavy atom. The van der Waals surface area contributed by atoms with Crippen molar-refractivity contribution < 1.29 is 14.0 Å². The number of benzene rings is 1. The number of Topliss-reactive ketones (excluding diaryl/α,β-unsaturated/α-hetero) is 1. The van der Waals surface area contributed by atoms with Gasteiger partial charge in [-0.15, -0.1) is 0 Å². The normalized spacial score (nSPS) is 15.2. The minimum atomic E-state index is -0.298. The average Bonchev–Trinajstić information content (AvgIpc) is 2.98. The van der Waals surface area contributed by atoms with Gasteiger partial charge in [-0.3, -0.25) is 14.5 Å². The molecule has 1 aliphatic rings. The Morgan fingerprint density at radius 3 is 2.21 bits per heavy atom. The highest BCUT2D eigenvalue weighted by Crippen LogP contribution is 2.21. The maximum Gasteiger partial charge on any atom is 0.227 e. The summed E-state index contributed by atoms with van der Waals surface area (Å²) in [5.41, 5.74) is 3.74. The molecule has 2 heterocycles. The zero-order valence-corrected chi connectivity index (χ0v) is 17.7. The van der Waals surface area contributed by atoms with E-state index in [-0.39, 0.29) is 23.9 Å². The number of ketones is 1. The van der Waals surface area contributed by atoms with Crippen LogP contribution in [0.25, 0.3) is 0 Å². The number of piperazine rings is 1. The molecular weight excluding hydrogens is 369 g/mol. The van der Waals surface area contributed by atoms with E-state index < -0.39 is 0 Å². The first-order chi connectivity index (χ1) is 13.8. The second-order valence-corrected chi connectivity index (χ2v) is 8.13. The number of aryl methyl sites for hydroxylation is 1. The molecule has 3 rings (SSSR count). The van der Waals surface area contributed by atoms with E-state index in [4.69, 9.17) is 0 Å². The molecule has 0 spiro atoms. The van der Waals surface area contributed by atoms with E-state index in [1.807, 2.05) is 24.8 Å². The third-order valence-electron chi connectivity index (χ3n) is 5.66. The van der Waals surface area contributed by atoms with Gasteiger partial charge < -0.3 is 9.47 Å². The number of hydrogen-bond acceptors (Lipinski definition) is 3. The molecule has 0 bridgehead atoms. The number of carbonyl (C=O) groups is 2. The molecule has 1 fully saturated rings. The number of carbonyl (C=O) groups excluding carboxylic acids is 2. The smallest absolute Gasteiger partial charge is 0.227 e. The molecule has 5 nitrogen and oxygen atoms in total. The first-order valence-electron chi connectivity index (χ1n) is 10.2. The molecule has 1 amide bonds. The highest BCUT2D eigenvalue weighted by atomic mass is 19.1. The van der Waals surface area contributed by atoms with Crippen LogP contribution in [-0.4, -0.2) is 58.8 Å². The number of hydrogen-bond donors (Lipinski definition) is 0. The predicted molar refractivity (Wildman–Crippen MR) is 112 cm³/mol. The molecule has 156 valence electrons. The van der Waals surface area contributed by atoms with Crippen molar-refractivity contribution >= 4 is 11.7 Å². The number of rotatable bonds is 6. The lowest BCUT2D eigenvalue weighted by atomic mass is 10.1. The van der Waals surface area contributed by atoms with Crippen LogP contribution >= 0.6 is 0 Å². The van der Waals surface area contributed by atoms with Crippen molar-refractivity contribution in [1.29, 1.82) is 0 Å². The van der Waals surface area contributed by atoms with Gasteiger partial charge in [0.25, 0.3) is 0 Å². The first-order valence-corrected chi connectivity index (χ1v) is 10.2. The average molecular weight is 400 g/mol. The zero-order chi connectivity index (χ0) is 21.1. The van der Waals surface area contributed by atoms with Crippen molar-refractivity contribution in [3.8, 4) is 0 Å². The maximum absolute atomic E-state index is 13.0. The van der Waals surface area contributed by atoms with Crippen LogP contribution in [-0.2, 0) is 11.2 Å². The van der Waals surface area contributed by atoms with Gasteiger partial charge in [0.2, 0.25) is 5.91 Å².